The van der Waals surface area contributed by atoms with Crippen molar-refractivity contribution >= 4 is 11.6 Å². The van der Waals surface area contributed by atoms with Gasteiger partial charge in [-0.2, -0.15) is 0 Å². The number of imidazole rings is 1. The van der Waals surface area contributed by atoms with Crippen LogP contribution in [0, 0.1) is 0 Å². The fraction of sp³-hybridized carbons (Fsp3) is 0.385. The molecule has 2 aromatic heterocycles. The van der Waals surface area contributed by atoms with Gasteiger partial charge in [0.1, 0.15) is 5.65 Å². The van der Waals surface area contributed by atoms with Crippen molar-refractivity contribution in [2.75, 3.05) is 6.61 Å². The van der Waals surface area contributed by atoms with Crippen LogP contribution in [-0.2, 0) is 4.74 Å². The van der Waals surface area contributed by atoms with E-state index in [0.29, 0.717) is 18.2 Å². The standard InChI is InChI=1S/C13H14N2O2/c1-2-17-13(16)11-8-15-7-10(9-3-4-9)5-6-12(15)14-11/h5-9H,2-4H2,1H3. The molecule has 0 unspecified atom stereocenters. The van der Waals surface area contributed by atoms with Crippen molar-refractivity contribution in [1.29, 1.82) is 0 Å². The monoisotopic (exact) mass is 230 g/mol. The van der Waals surface area contributed by atoms with E-state index < -0.39 is 0 Å². The molecular formula is C13H14N2O2. The van der Waals surface area contributed by atoms with Crippen LogP contribution in [0.15, 0.2) is 24.5 Å². The maximum Gasteiger partial charge on any atom is 0.358 e. The van der Waals surface area contributed by atoms with Gasteiger partial charge in [-0.25, -0.2) is 9.78 Å². The van der Waals surface area contributed by atoms with Crippen LogP contribution in [0.5, 0.6) is 0 Å². The smallest absolute Gasteiger partial charge is 0.358 e. The molecule has 1 saturated carbocycles. The summed E-state index contributed by atoms with van der Waals surface area (Å²) in [6.45, 7) is 2.17. The minimum Gasteiger partial charge on any atom is -0.461 e. The first kappa shape index (κ1) is 10.3. The summed E-state index contributed by atoms with van der Waals surface area (Å²) in [5, 5.41) is 0. The zero-order chi connectivity index (χ0) is 11.8. The number of carbonyl (C=O) groups excluding carboxylic acids is 1. The number of esters is 1. The van der Waals surface area contributed by atoms with E-state index in [0.717, 1.165) is 5.65 Å². The van der Waals surface area contributed by atoms with Crippen molar-refractivity contribution in [3.8, 4) is 0 Å². The molecule has 2 aromatic rings. The fourth-order valence-corrected chi connectivity index (χ4v) is 1.97. The summed E-state index contributed by atoms with van der Waals surface area (Å²) in [5.41, 5.74) is 2.49. The maximum atomic E-state index is 11.5. The van der Waals surface area contributed by atoms with E-state index >= 15 is 0 Å². The Morgan fingerprint density at radius 1 is 1.47 bits per heavy atom. The number of nitrogens with zero attached hydrogens (tertiary/aromatic N) is 2. The Balaban J connectivity index is 1.97. The molecule has 0 amide bonds. The van der Waals surface area contributed by atoms with Gasteiger partial charge in [0.2, 0.25) is 0 Å². The first-order valence-corrected chi connectivity index (χ1v) is 5.93. The third-order valence-corrected chi connectivity index (χ3v) is 3.01. The number of rotatable bonds is 3. The summed E-state index contributed by atoms with van der Waals surface area (Å²) in [6.07, 6.45) is 6.33. The number of ether oxygens (including phenoxy) is 1. The third-order valence-electron chi connectivity index (χ3n) is 3.01. The van der Waals surface area contributed by atoms with Gasteiger partial charge in [0.15, 0.2) is 5.69 Å². The molecule has 1 aliphatic rings. The molecule has 0 aliphatic heterocycles. The third kappa shape index (κ3) is 1.90. The van der Waals surface area contributed by atoms with E-state index in [1.54, 1.807) is 13.1 Å². The van der Waals surface area contributed by atoms with Crippen molar-refractivity contribution in [2.45, 2.75) is 25.7 Å². The maximum absolute atomic E-state index is 11.5. The summed E-state index contributed by atoms with van der Waals surface area (Å²) in [6, 6.07) is 4.05. The highest BCUT2D eigenvalue weighted by molar-refractivity contribution is 5.87. The van der Waals surface area contributed by atoms with Crippen molar-refractivity contribution in [1.82, 2.24) is 9.38 Å². The second-order valence-electron chi connectivity index (χ2n) is 4.35. The Bertz CT molecular complexity index is 570. The summed E-state index contributed by atoms with van der Waals surface area (Å²) >= 11 is 0. The first-order chi connectivity index (χ1) is 8.28. The molecule has 1 fully saturated rings. The van der Waals surface area contributed by atoms with Crippen molar-refractivity contribution in [2.24, 2.45) is 0 Å². The normalized spacial score (nSPS) is 15.1. The fourth-order valence-electron chi connectivity index (χ4n) is 1.97. The van der Waals surface area contributed by atoms with Gasteiger partial charge in [0.25, 0.3) is 0 Å². The minimum atomic E-state index is -0.357. The molecule has 0 N–H and O–H groups in total. The Hall–Kier alpha value is -1.84. The molecule has 0 aromatic carbocycles. The van der Waals surface area contributed by atoms with Crippen LogP contribution in [0.1, 0.15) is 41.7 Å². The number of aromatic nitrogens is 2. The lowest BCUT2D eigenvalue weighted by Gasteiger charge is -1.98. The van der Waals surface area contributed by atoms with Gasteiger partial charge in [-0.05, 0) is 37.3 Å². The lowest BCUT2D eigenvalue weighted by atomic mass is 10.2. The summed E-state index contributed by atoms with van der Waals surface area (Å²) in [5.74, 6) is 0.344. The SMILES string of the molecule is CCOC(=O)c1cn2cc(C3CC3)ccc2n1. The summed E-state index contributed by atoms with van der Waals surface area (Å²) in [7, 11) is 0. The number of hydrogen-bond donors (Lipinski definition) is 0. The second kappa shape index (κ2) is 3.87. The van der Waals surface area contributed by atoms with Gasteiger partial charge >= 0.3 is 5.97 Å². The van der Waals surface area contributed by atoms with Crippen LogP contribution in [0.2, 0.25) is 0 Å². The first-order valence-electron chi connectivity index (χ1n) is 5.93. The number of carbonyl (C=O) groups is 1. The molecule has 4 heteroatoms. The minimum absolute atomic E-state index is 0.357. The Kier molecular flexibility index (Phi) is 2.35. The number of fused-ring (bicyclic) bond motifs is 1. The number of hydrogen-bond acceptors (Lipinski definition) is 3. The topological polar surface area (TPSA) is 43.6 Å². The Morgan fingerprint density at radius 3 is 3.00 bits per heavy atom. The average molecular weight is 230 g/mol. The van der Waals surface area contributed by atoms with Crippen LogP contribution in [0.3, 0.4) is 0 Å². The number of pyridine rings is 1. The van der Waals surface area contributed by atoms with E-state index in [1.807, 2.05) is 10.5 Å². The van der Waals surface area contributed by atoms with Gasteiger partial charge in [0.05, 0.1) is 6.61 Å². The van der Waals surface area contributed by atoms with Crippen molar-refractivity contribution in [3.63, 3.8) is 0 Å². The molecule has 1 aliphatic carbocycles. The lowest BCUT2D eigenvalue weighted by molar-refractivity contribution is 0.0520. The van der Waals surface area contributed by atoms with E-state index in [-0.39, 0.29) is 5.97 Å². The molecule has 0 atom stereocenters. The van der Waals surface area contributed by atoms with Gasteiger partial charge in [-0.3, -0.25) is 0 Å². The highest BCUT2D eigenvalue weighted by atomic mass is 16.5. The van der Waals surface area contributed by atoms with Crippen LogP contribution in [0.4, 0.5) is 0 Å². The van der Waals surface area contributed by atoms with Gasteiger partial charge in [-0.1, -0.05) is 6.07 Å². The Morgan fingerprint density at radius 2 is 2.29 bits per heavy atom. The molecule has 2 heterocycles. The summed E-state index contributed by atoms with van der Waals surface area (Å²) < 4.78 is 6.84. The molecule has 3 rings (SSSR count). The van der Waals surface area contributed by atoms with E-state index in [1.165, 1.54) is 18.4 Å². The van der Waals surface area contributed by atoms with Crippen LogP contribution in [0.25, 0.3) is 5.65 Å². The second-order valence-corrected chi connectivity index (χ2v) is 4.35. The molecular weight excluding hydrogens is 216 g/mol. The molecule has 0 radical (unpaired) electrons. The van der Waals surface area contributed by atoms with Crippen molar-refractivity contribution < 1.29 is 9.53 Å². The Labute approximate surface area is 99.2 Å². The average Bonchev–Trinajstić information content (AvgIpc) is 3.08. The van der Waals surface area contributed by atoms with E-state index in [2.05, 4.69) is 17.2 Å². The van der Waals surface area contributed by atoms with Gasteiger partial charge < -0.3 is 9.14 Å². The van der Waals surface area contributed by atoms with Crippen molar-refractivity contribution in [3.05, 3.63) is 35.8 Å². The largest absolute Gasteiger partial charge is 0.461 e. The molecule has 0 spiro atoms. The van der Waals surface area contributed by atoms with E-state index in [9.17, 15) is 4.79 Å². The predicted octanol–water partition coefficient (Wildman–Crippen LogP) is 2.39. The molecule has 0 saturated heterocycles. The van der Waals surface area contributed by atoms with E-state index in [4.69, 9.17) is 4.74 Å². The van der Waals surface area contributed by atoms with Crippen LogP contribution in [-0.4, -0.2) is 22.0 Å². The predicted molar refractivity (Wildman–Crippen MR) is 63.1 cm³/mol. The highest BCUT2D eigenvalue weighted by Crippen LogP contribution is 2.39. The zero-order valence-corrected chi connectivity index (χ0v) is 9.72. The zero-order valence-electron chi connectivity index (χ0n) is 9.72. The van der Waals surface area contributed by atoms with Crippen LogP contribution >= 0.6 is 0 Å². The summed E-state index contributed by atoms with van der Waals surface area (Å²) in [4.78, 5) is 15.8. The van der Waals surface area contributed by atoms with Gasteiger partial charge in [0, 0.05) is 12.4 Å². The molecule has 4 nitrogen and oxygen atoms in total. The quantitative estimate of drug-likeness (QED) is 0.760. The van der Waals surface area contributed by atoms with Gasteiger partial charge in [-0.15, -0.1) is 0 Å². The van der Waals surface area contributed by atoms with Crippen LogP contribution < -0.4 is 0 Å². The molecule has 88 valence electrons. The molecule has 17 heavy (non-hydrogen) atoms. The molecule has 0 bridgehead atoms. The highest BCUT2D eigenvalue weighted by Gasteiger charge is 2.24. The lowest BCUT2D eigenvalue weighted by Crippen LogP contribution is -2.04.